The molecule has 0 heterocycles. The summed E-state index contributed by atoms with van der Waals surface area (Å²) in [5.41, 5.74) is -1.34. The van der Waals surface area contributed by atoms with Crippen molar-refractivity contribution in [1.29, 1.82) is 0 Å². The molecule has 102 valence electrons. The van der Waals surface area contributed by atoms with Gasteiger partial charge < -0.3 is 5.11 Å². The van der Waals surface area contributed by atoms with E-state index in [2.05, 4.69) is 0 Å². The van der Waals surface area contributed by atoms with Gasteiger partial charge in [0.15, 0.2) is 0 Å². The summed E-state index contributed by atoms with van der Waals surface area (Å²) in [6.07, 6.45) is -3.19. The zero-order valence-corrected chi connectivity index (χ0v) is 10.1. The van der Waals surface area contributed by atoms with Crippen molar-refractivity contribution in [2.75, 3.05) is 0 Å². The molecule has 0 fully saturated rings. The first-order valence-electron chi connectivity index (χ1n) is 5.91. The van der Waals surface area contributed by atoms with Crippen LogP contribution < -0.4 is 0 Å². The van der Waals surface area contributed by atoms with Gasteiger partial charge in [-0.3, -0.25) is 0 Å². The van der Waals surface area contributed by atoms with Crippen molar-refractivity contribution >= 4 is 0 Å². The van der Waals surface area contributed by atoms with Crippen LogP contribution in [-0.2, 0) is 6.18 Å². The molecule has 5 heteroatoms. The number of halogens is 4. The highest BCUT2D eigenvalue weighted by atomic mass is 19.4. The van der Waals surface area contributed by atoms with Gasteiger partial charge in [0.2, 0.25) is 0 Å². The Kier molecular flexibility index (Phi) is 5.14. The summed E-state index contributed by atoms with van der Waals surface area (Å²) in [6, 6.07) is 2.38. The number of alkyl halides is 3. The fourth-order valence-electron chi connectivity index (χ4n) is 1.81. The number of aliphatic hydroxyl groups excluding tert-OH is 1. The van der Waals surface area contributed by atoms with E-state index in [0.717, 1.165) is 25.0 Å². The summed E-state index contributed by atoms with van der Waals surface area (Å²) in [7, 11) is 0. The molecule has 0 radical (unpaired) electrons. The quantitative estimate of drug-likeness (QED) is 0.615. The van der Waals surface area contributed by atoms with Gasteiger partial charge in [-0.2, -0.15) is 13.2 Å². The lowest BCUT2D eigenvalue weighted by atomic mass is 9.97. The lowest BCUT2D eigenvalue weighted by molar-refractivity contribution is -0.139. The van der Waals surface area contributed by atoms with Crippen LogP contribution in [0.1, 0.15) is 49.8 Å². The molecule has 1 nitrogen and oxygen atoms in total. The number of hydrogen-bond donors (Lipinski definition) is 1. The minimum Gasteiger partial charge on any atom is -0.388 e. The van der Waals surface area contributed by atoms with Crippen molar-refractivity contribution < 1.29 is 22.7 Å². The summed E-state index contributed by atoms with van der Waals surface area (Å²) in [5, 5.41) is 9.76. The number of rotatable bonds is 5. The third-order valence-electron chi connectivity index (χ3n) is 2.76. The maximum atomic E-state index is 12.9. The van der Waals surface area contributed by atoms with E-state index >= 15 is 0 Å². The fraction of sp³-hybridized carbons (Fsp3) is 0.538. The van der Waals surface area contributed by atoms with Gasteiger partial charge in [-0.25, -0.2) is 4.39 Å². The summed E-state index contributed by atoms with van der Waals surface area (Å²) in [4.78, 5) is 0. The number of benzene rings is 1. The SMILES string of the molecule is CCCCCC(O)c1ccc(F)cc1C(F)(F)F. The number of aliphatic hydroxyl groups is 1. The number of hydrogen-bond acceptors (Lipinski definition) is 1. The highest BCUT2D eigenvalue weighted by Gasteiger charge is 2.35. The van der Waals surface area contributed by atoms with Crippen LogP contribution in [0.15, 0.2) is 18.2 Å². The van der Waals surface area contributed by atoms with Crippen LogP contribution in [0.2, 0.25) is 0 Å². The Morgan fingerprint density at radius 1 is 1.22 bits per heavy atom. The minimum atomic E-state index is -4.65. The van der Waals surface area contributed by atoms with E-state index in [-0.39, 0.29) is 12.0 Å². The highest BCUT2D eigenvalue weighted by Crippen LogP contribution is 2.36. The predicted molar refractivity (Wildman–Crippen MR) is 60.5 cm³/mol. The van der Waals surface area contributed by atoms with Gasteiger partial charge in [0.05, 0.1) is 11.7 Å². The molecule has 1 aromatic rings. The molecule has 0 spiro atoms. The Hall–Kier alpha value is -1.10. The molecule has 0 saturated heterocycles. The Labute approximate surface area is 103 Å². The maximum absolute atomic E-state index is 12.9. The van der Waals surface area contributed by atoms with E-state index in [9.17, 15) is 22.7 Å². The van der Waals surface area contributed by atoms with Gasteiger partial charge in [0.1, 0.15) is 5.82 Å². The highest BCUT2D eigenvalue weighted by molar-refractivity contribution is 5.32. The van der Waals surface area contributed by atoms with Gasteiger partial charge in [0.25, 0.3) is 0 Å². The summed E-state index contributed by atoms with van der Waals surface area (Å²) in [6.45, 7) is 1.96. The Morgan fingerprint density at radius 2 is 1.89 bits per heavy atom. The summed E-state index contributed by atoms with van der Waals surface area (Å²) >= 11 is 0. The van der Waals surface area contributed by atoms with Crippen molar-refractivity contribution in [2.24, 2.45) is 0 Å². The van der Waals surface area contributed by atoms with E-state index < -0.39 is 23.7 Å². The second kappa shape index (κ2) is 6.18. The zero-order valence-electron chi connectivity index (χ0n) is 10.1. The summed E-state index contributed by atoms with van der Waals surface area (Å²) < 4.78 is 51.0. The maximum Gasteiger partial charge on any atom is 0.416 e. The van der Waals surface area contributed by atoms with Crippen LogP contribution in [0.25, 0.3) is 0 Å². The molecule has 18 heavy (non-hydrogen) atoms. The zero-order chi connectivity index (χ0) is 13.8. The van der Waals surface area contributed by atoms with Crippen molar-refractivity contribution in [1.82, 2.24) is 0 Å². The van der Waals surface area contributed by atoms with Crippen molar-refractivity contribution in [3.8, 4) is 0 Å². The van der Waals surface area contributed by atoms with Crippen molar-refractivity contribution in [2.45, 2.75) is 44.9 Å². The molecule has 0 aliphatic rings. The average Bonchev–Trinajstić information content (AvgIpc) is 2.28. The van der Waals surface area contributed by atoms with Crippen LogP contribution in [0, 0.1) is 5.82 Å². The van der Waals surface area contributed by atoms with Crippen LogP contribution in [0.5, 0.6) is 0 Å². The van der Waals surface area contributed by atoms with Crippen LogP contribution in [0.3, 0.4) is 0 Å². The largest absolute Gasteiger partial charge is 0.416 e. The van der Waals surface area contributed by atoms with E-state index in [4.69, 9.17) is 0 Å². The molecule has 1 atom stereocenters. The van der Waals surface area contributed by atoms with Gasteiger partial charge in [-0.15, -0.1) is 0 Å². The van der Waals surface area contributed by atoms with Gasteiger partial charge in [0, 0.05) is 0 Å². The predicted octanol–water partition coefficient (Wildman–Crippen LogP) is 4.46. The first-order chi connectivity index (χ1) is 8.36. The van der Waals surface area contributed by atoms with E-state index in [0.29, 0.717) is 12.5 Å². The molecule has 0 aromatic heterocycles. The Balaban J connectivity index is 2.93. The van der Waals surface area contributed by atoms with Crippen LogP contribution >= 0.6 is 0 Å². The molecular formula is C13H16F4O. The first-order valence-corrected chi connectivity index (χ1v) is 5.91. The first kappa shape index (κ1) is 15.0. The third-order valence-corrected chi connectivity index (χ3v) is 2.76. The standard InChI is InChI=1S/C13H16F4O/c1-2-3-4-5-12(18)10-7-6-9(14)8-11(10)13(15,16)17/h6-8,12,18H,2-5H2,1H3. The van der Waals surface area contributed by atoms with E-state index in [1.807, 2.05) is 6.92 Å². The second-order valence-corrected chi connectivity index (χ2v) is 4.24. The van der Waals surface area contributed by atoms with Crippen molar-refractivity contribution in [3.63, 3.8) is 0 Å². The molecule has 1 aromatic carbocycles. The van der Waals surface area contributed by atoms with E-state index in [1.54, 1.807) is 0 Å². The topological polar surface area (TPSA) is 20.2 Å². The normalized spacial score (nSPS) is 13.7. The smallest absolute Gasteiger partial charge is 0.388 e. The lowest BCUT2D eigenvalue weighted by Crippen LogP contribution is -2.12. The monoisotopic (exact) mass is 264 g/mol. The molecule has 0 aliphatic carbocycles. The minimum absolute atomic E-state index is 0.250. The lowest BCUT2D eigenvalue weighted by Gasteiger charge is -2.17. The van der Waals surface area contributed by atoms with Gasteiger partial charge >= 0.3 is 6.18 Å². The molecule has 1 unspecified atom stereocenters. The van der Waals surface area contributed by atoms with Gasteiger partial charge in [-0.1, -0.05) is 32.3 Å². The molecule has 0 amide bonds. The van der Waals surface area contributed by atoms with Crippen LogP contribution in [-0.4, -0.2) is 5.11 Å². The third kappa shape index (κ3) is 3.98. The molecular weight excluding hydrogens is 248 g/mol. The van der Waals surface area contributed by atoms with Crippen LogP contribution in [0.4, 0.5) is 17.6 Å². The number of unbranched alkanes of at least 4 members (excludes halogenated alkanes) is 2. The Bertz CT molecular complexity index is 387. The average molecular weight is 264 g/mol. The second-order valence-electron chi connectivity index (χ2n) is 4.24. The summed E-state index contributed by atoms with van der Waals surface area (Å²) in [5.74, 6) is -0.952. The molecule has 1 N–H and O–H groups in total. The Morgan fingerprint density at radius 3 is 2.44 bits per heavy atom. The van der Waals surface area contributed by atoms with Crippen molar-refractivity contribution in [3.05, 3.63) is 35.1 Å². The fourth-order valence-corrected chi connectivity index (χ4v) is 1.81. The van der Waals surface area contributed by atoms with Gasteiger partial charge in [-0.05, 0) is 24.1 Å². The molecule has 1 rings (SSSR count). The van der Waals surface area contributed by atoms with E-state index in [1.165, 1.54) is 0 Å². The molecule has 0 aliphatic heterocycles. The molecule has 0 bridgehead atoms. The molecule has 0 saturated carbocycles.